The van der Waals surface area contributed by atoms with Crippen LogP contribution in [0.15, 0.2) is 47.4 Å². The van der Waals surface area contributed by atoms with E-state index in [1.54, 1.807) is 42.5 Å². The van der Waals surface area contributed by atoms with E-state index in [2.05, 4.69) is 5.32 Å². The Morgan fingerprint density at radius 3 is 2.41 bits per heavy atom. The van der Waals surface area contributed by atoms with Crippen LogP contribution in [0.1, 0.15) is 17.2 Å². The molecule has 0 saturated heterocycles. The van der Waals surface area contributed by atoms with E-state index in [0.717, 1.165) is 0 Å². The summed E-state index contributed by atoms with van der Waals surface area (Å²) >= 11 is 1.37. The number of aliphatic carboxylic acids is 1. The Balaban J connectivity index is 2.26. The van der Waals surface area contributed by atoms with Crippen molar-refractivity contribution in [1.82, 2.24) is 0 Å². The van der Waals surface area contributed by atoms with Gasteiger partial charge in [0.2, 0.25) is 0 Å². The highest BCUT2D eigenvalue weighted by Gasteiger charge is 2.21. The number of anilines is 1. The highest BCUT2D eigenvalue weighted by molar-refractivity contribution is 7.98. The SMILES string of the molecule is CSc1cc(C(Nc2ccc(C(=N)N)cc2)C(=O)O)ccc1OCC(N)=O. The Kier molecular flexibility index (Phi) is 6.67. The van der Waals surface area contributed by atoms with Crippen molar-refractivity contribution >= 4 is 35.2 Å². The lowest BCUT2D eigenvalue weighted by molar-refractivity contribution is -0.138. The quantitative estimate of drug-likeness (QED) is 0.249. The summed E-state index contributed by atoms with van der Waals surface area (Å²) in [7, 11) is 0. The third kappa shape index (κ3) is 5.38. The number of carbonyl (C=O) groups is 2. The number of benzene rings is 2. The van der Waals surface area contributed by atoms with E-state index in [0.29, 0.717) is 27.5 Å². The highest BCUT2D eigenvalue weighted by Crippen LogP contribution is 2.32. The number of nitrogens with one attached hydrogen (secondary N) is 2. The summed E-state index contributed by atoms with van der Waals surface area (Å²) < 4.78 is 5.34. The molecule has 0 aromatic heterocycles. The minimum absolute atomic E-state index is 0.0625. The second kappa shape index (κ2) is 8.95. The van der Waals surface area contributed by atoms with Gasteiger partial charge in [0.05, 0.1) is 0 Å². The summed E-state index contributed by atoms with van der Waals surface area (Å²) in [4.78, 5) is 23.3. The summed E-state index contributed by atoms with van der Waals surface area (Å²) in [5.74, 6) is -1.25. The molecule has 2 aromatic rings. The fourth-order valence-electron chi connectivity index (χ4n) is 2.33. The molecule has 0 fully saturated rings. The van der Waals surface area contributed by atoms with Gasteiger partial charge in [-0.25, -0.2) is 4.79 Å². The molecular weight excluding hydrogens is 368 g/mol. The fraction of sp³-hybridized carbons (Fsp3) is 0.167. The molecule has 1 unspecified atom stereocenters. The Morgan fingerprint density at radius 1 is 1.22 bits per heavy atom. The molecule has 0 spiro atoms. The van der Waals surface area contributed by atoms with Crippen LogP contribution in [0.25, 0.3) is 0 Å². The van der Waals surface area contributed by atoms with Crippen molar-refractivity contribution in [3.05, 3.63) is 53.6 Å². The first-order chi connectivity index (χ1) is 12.8. The van der Waals surface area contributed by atoms with Crippen LogP contribution in [0.3, 0.4) is 0 Å². The van der Waals surface area contributed by atoms with Gasteiger partial charge in [-0.15, -0.1) is 11.8 Å². The number of nitrogen functional groups attached to an aromatic ring is 1. The number of carboxylic acid groups (broad SMARTS) is 1. The summed E-state index contributed by atoms with van der Waals surface area (Å²) in [6.07, 6.45) is 1.82. The largest absolute Gasteiger partial charge is 0.483 e. The first-order valence-electron chi connectivity index (χ1n) is 7.84. The molecule has 1 atom stereocenters. The number of amides is 1. The molecule has 9 heteroatoms. The molecule has 7 N–H and O–H groups in total. The number of amidine groups is 1. The van der Waals surface area contributed by atoms with Gasteiger partial charge in [0.25, 0.3) is 5.91 Å². The number of ether oxygens (including phenoxy) is 1. The third-order valence-electron chi connectivity index (χ3n) is 3.64. The maximum absolute atomic E-state index is 11.8. The van der Waals surface area contributed by atoms with Gasteiger partial charge in [-0.1, -0.05) is 6.07 Å². The molecule has 2 aromatic carbocycles. The molecule has 0 heterocycles. The lowest BCUT2D eigenvalue weighted by Crippen LogP contribution is -2.21. The molecule has 2 rings (SSSR count). The van der Waals surface area contributed by atoms with Crippen molar-refractivity contribution in [3.63, 3.8) is 0 Å². The van der Waals surface area contributed by atoms with E-state index in [1.165, 1.54) is 11.8 Å². The van der Waals surface area contributed by atoms with Crippen molar-refractivity contribution in [2.45, 2.75) is 10.9 Å². The van der Waals surface area contributed by atoms with Crippen LogP contribution in [0.5, 0.6) is 5.75 Å². The van der Waals surface area contributed by atoms with Gasteiger partial charge in [-0.2, -0.15) is 0 Å². The van der Waals surface area contributed by atoms with Crippen LogP contribution in [0.4, 0.5) is 5.69 Å². The van der Waals surface area contributed by atoms with Gasteiger partial charge in [0.15, 0.2) is 12.6 Å². The normalized spacial score (nSPS) is 11.4. The number of carbonyl (C=O) groups excluding carboxylic acids is 1. The van der Waals surface area contributed by atoms with E-state index >= 15 is 0 Å². The second-order valence-corrected chi connectivity index (χ2v) is 6.42. The molecule has 0 saturated carbocycles. The average molecular weight is 388 g/mol. The highest BCUT2D eigenvalue weighted by atomic mass is 32.2. The minimum atomic E-state index is -1.05. The van der Waals surface area contributed by atoms with Gasteiger partial charge in [0.1, 0.15) is 11.6 Å². The van der Waals surface area contributed by atoms with E-state index in [1.807, 2.05) is 6.26 Å². The van der Waals surface area contributed by atoms with Gasteiger partial charge in [-0.3, -0.25) is 10.2 Å². The minimum Gasteiger partial charge on any atom is -0.483 e. The smallest absolute Gasteiger partial charge is 0.330 e. The molecule has 27 heavy (non-hydrogen) atoms. The zero-order chi connectivity index (χ0) is 20.0. The van der Waals surface area contributed by atoms with Crippen molar-refractivity contribution in [3.8, 4) is 5.75 Å². The molecule has 0 aliphatic heterocycles. The lowest BCUT2D eigenvalue weighted by atomic mass is 10.1. The molecule has 1 amide bonds. The van der Waals surface area contributed by atoms with Crippen LogP contribution in [0.2, 0.25) is 0 Å². The Morgan fingerprint density at radius 2 is 1.89 bits per heavy atom. The summed E-state index contributed by atoms with van der Waals surface area (Å²) in [5.41, 5.74) is 12.2. The predicted molar refractivity (Wildman–Crippen MR) is 104 cm³/mol. The second-order valence-electron chi connectivity index (χ2n) is 5.57. The topological polar surface area (TPSA) is 152 Å². The summed E-state index contributed by atoms with van der Waals surface area (Å²) in [6, 6.07) is 10.5. The van der Waals surface area contributed by atoms with E-state index in [9.17, 15) is 14.7 Å². The molecule has 142 valence electrons. The monoisotopic (exact) mass is 388 g/mol. The number of nitrogens with two attached hydrogens (primary N) is 2. The van der Waals surface area contributed by atoms with E-state index in [-0.39, 0.29) is 12.4 Å². The Hall–Kier alpha value is -3.20. The average Bonchev–Trinajstić information content (AvgIpc) is 2.64. The zero-order valence-corrected chi connectivity index (χ0v) is 15.4. The number of thioether (sulfide) groups is 1. The molecule has 8 nitrogen and oxygen atoms in total. The molecule has 0 bridgehead atoms. The van der Waals surface area contributed by atoms with Crippen LogP contribution in [-0.4, -0.2) is 35.7 Å². The Labute approximate surface area is 160 Å². The number of rotatable bonds is 9. The number of carboxylic acids is 1. The van der Waals surface area contributed by atoms with Gasteiger partial charge >= 0.3 is 5.97 Å². The van der Waals surface area contributed by atoms with Crippen molar-refractivity contribution in [2.24, 2.45) is 11.5 Å². The van der Waals surface area contributed by atoms with Crippen molar-refractivity contribution < 1.29 is 19.4 Å². The fourth-order valence-corrected chi connectivity index (χ4v) is 2.91. The molecule has 0 aliphatic rings. The van der Waals surface area contributed by atoms with Crippen LogP contribution in [-0.2, 0) is 9.59 Å². The standard InChI is InChI=1S/C18H20N4O4S/c1-27-14-8-11(4-7-13(14)26-9-15(19)23)16(18(24)25)22-12-5-2-10(3-6-12)17(20)21/h2-8,16,22H,9H2,1H3,(H2,19,23)(H3,20,21)(H,24,25). The molecular formula is C18H20N4O4S. The number of primary amides is 1. The maximum atomic E-state index is 11.8. The van der Waals surface area contributed by atoms with Gasteiger partial charge < -0.3 is 26.6 Å². The first-order valence-corrected chi connectivity index (χ1v) is 9.07. The van der Waals surface area contributed by atoms with Crippen LogP contribution >= 0.6 is 11.8 Å². The zero-order valence-electron chi connectivity index (χ0n) is 14.6. The van der Waals surface area contributed by atoms with E-state index in [4.69, 9.17) is 21.6 Å². The van der Waals surface area contributed by atoms with Crippen LogP contribution in [0, 0.1) is 5.41 Å². The lowest BCUT2D eigenvalue weighted by Gasteiger charge is -2.18. The van der Waals surface area contributed by atoms with Crippen LogP contribution < -0.4 is 21.5 Å². The van der Waals surface area contributed by atoms with Crippen molar-refractivity contribution in [1.29, 1.82) is 5.41 Å². The van der Waals surface area contributed by atoms with Gasteiger partial charge in [-0.05, 0) is 48.2 Å². The molecule has 0 aliphatic carbocycles. The summed E-state index contributed by atoms with van der Waals surface area (Å²) in [5, 5.41) is 20.0. The number of hydrogen-bond acceptors (Lipinski definition) is 6. The van der Waals surface area contributed by atoms with E-state index < -0.39 is 17.9 Å². The first kappa shape index (κ1) is 20.1. The number of hydrogen-bond donors (Lipinski definition) is 5. The maximum Gasteiger partial charge on any atom is 0.330 e. The Bertz CT molecular complexity index is 855. The predicted octanol–water partition coefficient (Wildman–Crippen LogP) is 1.79. The van der Waals surface area contributed by atoms with Gasteiger partial charge in [0, 0.05) is 16.1 Å². The molecule has 0 radical (unpaired) electrons. The van der Waals surface area contributed by atoms with Crippen molar-refractivity contribution in [2.75, 3.05) is 18.2 Å². The summed E-state index contributed by atoms with van der Waals surface area (Å²) in [6.45, 7) is -0.254. The third-order valence-corrected chi connectivity index (χ3v) is 4.40.